The molecule has 2 amide bonds. The van der Waals surface area contributed by atoms with Gasteiger partial charge in [-0.25, -0.2) is 9.78 Å². The zero-order valence-electron chi connectivity index (χ0n) is 13.0. The molecule has 0 radical (unpaired) electrons. The summed E-state index contributed by atoms with van der Waals surface area (Å²) in [6.45, 7) is 3.94. The van der Waals surface area contributed by atoms with Gasteiger partial charge in [-0.2, -0.15) is 0 Å². The summed E-state index contributed by atoms with van der Waals surface area (Å²) in [6, 6.07) is 0. The summed E-state index contributed by atoms with van der Waals surface area (Å²) in [7, 11) is 1.76. The Kier molecular flexibility index (Phi) is 4.08. The van der Waals surface area contributed by atoms with Crippen LogP contribution < -0.4 is 0 Å². The summed E-state index contributed by atoms with van der Waals surface area (Å²) in [5.41, 5.74) is 0.441. The normalized spacial score (nSPS) is 25.5. The first kappa shape index (κ1) is 15.3. The molecule has 1 spiro atoms. The molecule has 2 saturated heterocycles. The number of likely N-dealkylation sites (tertiary alicyclic amines) is 1. The Labute approximate surface area is 134 Å². The largest absolute Gasteiger partial charge is 0.441 e. The van der Waals surface area contributed by atoms with E-state index in [4.69, 9.17) is 4.74 Å². The summed E-state index contributed by atoms with van der Waals surface area (Å²) in [6.07, 6.45) is 2.51. The lowest BCUT2D eigenvalue weighted by molar-refractivity contribution is -0.130. The highest BCUT2D eigenvalue weighted by Crippen LogP contribution is 2.32. The van der Waals surface area contributed by atoms with E-state index >= 15 is 0 Å². The molecule has 2 aliphatic rings. The molecule has 22 heavy (non-hydrogen) atoms. The molecule has 3 rings (SSSR count). The monoisotopic (exact) mass is 323 g/mol. The fourth-order valence-corrected chi connectivity index (χ4v) is 3.84. The summed E-state index contributed by atoms with van der Waals surface area (Å²) in [5.74, 6) is 0.111. The number of likely N-dealkylation sites (N-methyl/N-ethyl adjacent to an activating group) is 1. The molecular weight excluding hydrogens is 302 g/mol. The highest BCUT2D eigenvalue weighted by atomic mass is 32.1. The van der Waals surface area contributed by atoms with E-state index < -0.39 is 5.60 Å². The van der Waals surface area contributed by atoms with Gasteiger partial charge in [0.25, 0.3) is 0 Å². The zero-order valence-corrected chi connectivity index (χ0v) is 13.8. The van der Waals surface area contributed by atoms with Gasteiger partial charge >= 0.3 is 6.09 Å². The second-order valence-electron chi connectivity index (χ2n) is 6.18. The quantitative estimate of drug-likeness (QED) is 0.833. The Morgan fingerprint density at radius 1 is 1.45 bits per heavy atom. The Morgan fingerprint density at radius 3 is 2.91 bits per heavy atom. The van der Waals surface area contributed by atoms with Crippen LogP contribution in [0, 0.1) is 6.92 Å². The van der Waals surface area contributed by atoms with Crippen molar-refractivity contribution in [3.05, 3.63) is 16.1 Å². The molecule has 120 valence electrons. The van der Waals surface area contributed by atoms with Crippen molar-refractivity contribution in [3.8, 4) is 0 Å². The van der Waals surface area contributed by atoms with Gasteiger partial charge in [-0.15, -0.1) is 11.3 Å². The number of thiazole rings is 1. The number of ether oxygens (including phenoxy) is 1. The SMILES string of the molecule is Cc1nc(CC(=O)N2CCCC3(CC2)CN(C)C(=O)O3)cs1. The minimum Gasteiger partial charge on any atom is -0.441 e. The Bertz CT molecular complexity index is 588. The van der Waals surface area contributed by atoms with E-state index in [9.17, 15) is 9.59 Å². The van der Waals surface area contributed by atoms with Gasteiger partial charge in [0.05, 0.1) is 23.7 Å². The Balaban J connectivity index is 1.60. The van der Waals surface area contributed by atoms with Gasteiger partial charge in [-0.1, -0.05) is 0 Å². The zero-order chi connectivity index (χ0) is 15.7. The number of carbonyl (C=O) groups is 2. The second kappa shape index (κ2) is 5.87. The molecule has 3 heterocycles. The topological polar surface area (TPSA) is 62.7 Å². The van der Waals surface area contributed by atoms with Crippen molar-refractivity contribution in [2.75, 3.05) is 26.7 Å². The van der Waals surface area contributed by atoms with Crippen molar-refractivity contribution in [1.82, 2.24) is 14.8 Å². The van der Waals surface area contributed by atoms with Gasteiger partial charge in [0.2, 0.25) is 5.91 Å². The predicted octanol–water partition coefficient (Wildman–Crippen LogP) is 1.83. The number of amides is 2. The van der Waals surface area contributed by atoms with E-state index in [0.717, 1.165) is 30.1 Å². The number of rotatable bonds is 2. The van der Waals surface area contributed by atoms with Crippen molar-refractivity contribution in [1.29, 1.82) is 0 Å². The molecule has 0 N–H and O–H groups in total. The molecule has 1 unspecified atom stereocenters. The van der Waals surface area contributed by atoms with Gasteiger partial charge in [0, 0.05) is 31.9 Å². The standard InChI is InChI=1S/C15H21N3O3S/c1-11-16-12(9-22-11)8-13(19)18-6-3-4-15(5-7-18)10-17(2)14(20)21-15/h9H,3-8,10H2,1-2H3. The summed E-state index contributed by atoms with van der Waals surface area (Å²) in [5, 5.41) is 2.93. The Hall–Kier alpha value is -1.63. The average Bonchev–Trinajstić information content (AvgIpc) is 2.90. The predicted molar refractivity (Wildman–Crippen MR) is 82.8 cm³/mol. The minimum atomic E-state index is -0.405. The molecule has 0 bridgehead atoms. The van der Waals surface area contributed by atoms with Crippen molar-refractivity contribution in [2.24, 2.45) is 0 Å². The molecule has 6 nitrogen and oxygen atoms in total. The molecule has 0 saturated carbocycles. The highest BCUT2D eigenvalue weighted by molar-refractivity contribution is 7.09. The van der Waals surface area contributed by atoms with Crippen LogP contribution in [0.2, 0.25) is 0 Å². The van der Waals surface area contributed by atoms with Crippen molar-refractivity contribution in [3.63, 3.8) is 0 Å². The van der Waals surface area contributed by atoms with Gasteiger partial charge in [-0.05, 0) is 19.8 Å². The van der Waals surface area contributed by atoms with E-state index in [0.29, 0.717) is 25.9 Å². The van der Waals surface area contributed by atoms with Gasteiger partial charge in [-0.3, -0.25) is 4.79 Å². The third kappa shape index (κ3) is 3.09. The van der Waals surface area contributed by atoms with Crippen molar-refractivity contribution in [2.45, 2.75) is 38.2 Å². The third-order valence-corrected chi connectivity index (χ3v) is 5.21. The molecule has 0 aliphatic carbocycles. The maximum atomic E-state index is 12.4. The van der Waals surface area contributed by atoms with Crippen LogP contribution in [0.5, 0.6) is 0 Å². The van der Waals surface area contributed by atoms with Crippen LogP contribution in [-0.4, -0.2) is 59.1 Å². The van der Waals surface area contributed by atoms with E-state index in [1.807, 2.05) is 17.2 Å². The lowest BCUT2D eigenvalue weighted by Crippen LogP contribution is -2.37. The lowest BCUT2D eigenvalue weighted by atomic mass is 9.95. The first-order valence-corrected chi connectivity index (χ1v) is 8.48. The number of nitrogens with zero attached hydrogens (tertiary/aromatic N) is 3. The van der Waals surface area contributed by atoms with Crippen LogP contribution in [0.3, 0.4) is 0 Å². The van der Waals surface area contributed by atoms with E-state index in [1.54, 1.807) is 23.3 Å². The second-order valence-corrected chi connectivity index (χ2v) is 7.24. The molecular formula is C15H21N3O3S. The summed E-state index contributed by atoms with van der Waals surface area (Å²) in [4.78, 5) is 31.9. The fourth-order valence-electron chi connectivity index (χ4n) is 3.23. The van der Waals surface area contributed by atoms with Crippen LogP contribution in [0.15, 0.2) is 5.38 Å². The third-order valence-electron chi connectivity index (χ3n) is 4.39. The first-order chi connectivity index (χ1) is 10.5. The van der Waals surface area contributed by atoms with E-state index in [2.05, 4.69) is 4.98 Å². The van der Waals surface area contributed by atoms with E-state index in [1.165, 1.54) is 0 Å². The molecule has 7 heteroatoms. The average molecular weight is 323 g/mol. The van der Waals surface area contributed by atoms with Crippen LogP contribution in [-0.2, 0) is 16.0 Å². The molecule has 0 aromatic carbocycles. The lowest BCUT2D eigenvalue weighted by Gasteiger charge is -2.25. The molecule has 2 aliphatic heterocycles. The molecule has 2 fully saturated rings. The minimum absolute atomic E-state index is 0.111. The maximum Gasteiger partial charge on any atom is 0.410 e. The van der Waals surface area contributed by atoms with Crippen LogP contribution in [0.1, 0.15) is 30.0 Å². The van der Waals surface area contributed by atoms with Crippen LogP contribution in [0.4, 0.5) is 4.79 Å². The number of hydrogen-bond donors (Lipinski definition) is 0. The first-order valence-electron chi connectivity index (χ1n) is 7.60. The van der Waals surface area contributed by atoms with Gasteiger partial charge in [0.1, 0.15) is 5.60 Å². The van der Waals surface area contributed by atoms with Crippen molar-refractivity contribution >= 4 is 23.3 Å². The number of aromatic nitrogens is 1. The van der Waals surface area contributed by atoms with Crippen molar-refractivity contribution < 1.29 is 14.3 Å². The van der Waals surface area contributed by atoms with E-state index in [-0.39, 0.29) is 12.0 Å². The fraction of sp³-hybridized carbons (Fsp3) is 0.667. The van der Waals surface area contributed by atoms with Crippen LogP contribution >= 0.6 is 11.3 Å². The molecule has 1 aromatic heterocycles. The summed E-state index contributed by atoms with van der Waals surface area (Å²) >= 11 is 1.57. The smallest absolute Gasteiger partial charge is 0.410 e. The maximum absolute atomic E-state index is 12.4. The van der Waals surface area contributed by atoms with Gasteiger partial charge in [0.15, 0.2) is 0 Å². The molecule has 1 aromatic rings. The number of carbonyl (C=O) groups excluding carboxylic acids is 2. The Morgan fingerprint density at radius 2 is 2.27 bits per heavy atom. The highest BCUT2D eigenvalue weighted by Gasteiger charge is 2.44. The van der Waals surface area contributed by atoms with Gasteiger partial charge < -0.3 is 14.5 Å². The van der Waals surface area contributed by atoms with Crippen LogP contribution in [0.25, 0.3) is 0 Å². The molecule has 1 atom stereocenters. The summed E-state index contributed by atoms with van der Waals surface area (Å²) < 4.78 is 5.57. The number of aryl methyl sites for hydroxylation is 1. The number of hydrogen-bond acceptors (Lipinski definition) is 5.